The van der Waals surface area contributed by atoms with Crippen LogP contribution in [-0.4, -0.2) is 25.4 Å². The highest BCUT2D eigenvalue weighted by atomic mass is 19.3. The summed E-state index contributed by atoms with van der Waals surface area (Å²) in [6.07, 6.45) is -1.67. The Balaban J connectivity index is 1.76. The van der Waals surface area contributed by atoms with Gasteiger partial charge in [-0.3, -0.25) is 14.9 Å². The molecule has 0 aliphatic heterocycles. The van der Waals surface area contributed by atoms with Gasteiger partial charge in [0.15, 0.2) is 5.65 Å². The van der Waals surface area contributed by atoms with Crippen LogP contribution in [0.3, 0.4) is 0 Å². The Morgan fingerprint density at radius 2 is 1.90 bits per heavy atom. The number of hydrogen-bond donors (Lipinski definition) is 1. The first-order valence-corrected chi connectivity index (χ1v) is 9.14. The number of hydrogen-bond acceptors (Lipinski definition) is 5. The molecule has 0 aliphatic rings. The number of rotatable bonds is 5. The summed E-state index contributed by atoms with van der Waals surface area (Å²) in [6.45, 7) is 1.61. The standard InChI is InChI=1S/C21H15F2N5O3/c1-12-9-14(28(30)31)7-8-16(12)26-21(29)15-11-24-27-18(19(22)23)10-17(25-20(15)27)13-5-3-2-4-6-13/h2-11,19H,1H3,(H,26,29). The number of fused-ring (bicyclic) bond motifs is 1. The number of carbonyl (C=O) groups is 1. The molecule has 0 radical (unpaired) electrons. The van der Waals surface area contributed by atoms with Crippen LogP contribution in [0.4, 0.5) is 20.2 Å². The van der Waals surface area contributed by atoms with Crippen molar-refractivity contribution in [3.05, 3.63) is 87.7 Å². The van der Waals surface area contributed by atoms with Crippen molar-refractivity contribution in [3.8, 4) is 11.3 Å². The minimum absolute atomic E-state index is 0.00238. The minimum Gasteiger partial charge on any atom is -0.322 e. The molecule has 0 aliphatic carbocycles. The van der Waals surface area contributed by atoms with Crippen molar-refractivity contribution in [1.29, 1.82) is 0 Å². The summed E-state index contributed by atoms with van der Waals surface area (Å²) in [7, 11) is 0. The van der Waals surface area contributed by atoms with E-state index in [1.165, 1.54) is 30.5 Å². The Kier molecular flexibility index (Phi) is 5.12. The summed E-state index contributed by atoms with van der Waals surface area (Å²) in [5.41, 5.74) is 1.20. The van der Waals surface area contributed by atoms with Crippen LogP contribution in [0.15, 0.2) is 60.8 Å². The molecule has 1 amide bonds. The quantitative estimate of drug-likeness (QED) is 0.367. The highest BCUT2D eigenvalue weighted by molar-refractivity contribution is 6.08. The Hall–Kier alpha value is -4.21. The van der Waals surface area contributed by atoms with E-state index in [1.54, 1.807) is 37.3 Å². The molecule has 4 rings (SSSR count). The van der Waals surface area contributed by atoms with Crippen LogP contribution in [-0.2, 0) is 0 Å². The fourth-order valence-corrected chi connectivity index (χ4v) is 3.15. The lowest BCUT2D eigenvalue weighted by Gasteiger charge is -2.09. The molecule has 2 heterocycles. The van der Waals surface area contributed by atoms with Crippen molar-refractivity contribution in [3.63, 3.8) is 0 Å². The van der Waals surface area contributed by atoms with Gasteiger partial charge in [0.2, 0.25) is 0 Å². The number of amides is 1. The van der Waals surface area contributed by atoms with Gasteiger partial charge in [0.05, 0.1) is 16.8 Å². The lowest BCUT2D eigenvalue weighted by Crippen LogP contribution is -2.13. The number of aromatic nitrogens is 3. The molecule has 4 aromatic rings. The Morgan fingerprint density at radius 3 is 2.55 bits per heavy atom. The number of nitrogens with one attached hydrogen (secondary N) is 1. The van der Waals surface area contributed by atoms with E-state index < -0.39 is 22.9 Å². The van der Waals surface area contributed by atoms with E-state index in [1.807, 2.05) is 0 Å². The zero-order chi connectivity index (χ0) is 22.1. The number of carbonyl (C=O) groups excluding carboxylic acids is 1. The van der Waals surface area contributed by atoms with Crippen LogP contribution in [0.2, 0.25) is 0 Å². The number of nitrogens with zero attached hydrogens (tertiary/aromatic N) is 4. The number of halogens is 2. The zero-order valence-corrected chi connectivity index (χ0v) is 16.1. The first kappa shape index (κ1) is 20.1. The predicted octanol–water partition coefficient (Wildman–Crippen LogP) is 4.80. The topological polar surface area (TPSA) is 102 Å². The summed E-state index contributed by atoms with van der Waals surface area (Å²) < 4.78 is 28.3. The van der Waals surface area contributed by atoms with Gasteiger partial charge in [-0.15, -0.1) is 0 Å². The highest BCUT2D eigenvalue weighted by Gasteiger charge is 2.22. The van der Waals surface area contributed by atoms with Crippen LogP contribution in [0, 0.1) is 17.0 Å². The van der Waals surface area contributed by atoms with Crippen LogP contribution in [0.5, 0.6) is 0 Å². The van der Waals surface area contributed by atoms with Gasteiger partial charge in [0.1, 0.15) is 11.3 Å². The highest BCUT2D eigenvalue weighted by Crippen LogP contribution is 2.27. The van der Waals surface area contributed by atoms with Crippen molar-refractivity contribution in [2.45, 2.75) is 13.3 Å². The van der Waals surface area contributed by atoms with Crippen molar-refractivity contribution < 1.29 is 18.5 Å². The average Bonchev–Trinajstić information content (AvgIpc) is 3.19. The maximum atomic E-state index is 13.7. The maximum Gasteiger partial charge on any atom is 0.280 e. The summed E-state index contributed by atoms with van der Waals surface area (Å²) in [6, 6.07) is 14.0. The monoisotopic (exact) mass is 423 g/mol. The smallest absolute Gasteiger partial charge is 0.280 e. The third-order valence-electron chi connectivity index (χ3n) is 4.71. The van der Waals surface area contributed by atoms with E-state index in [2.05, 4.69) is 15.4 Å². The average molecular weight is 423 g/mol. The number of nitro groups is 1. The predicted molar refractivity (Wildman–Crippen MR) is 109 cm³/mol. The number of aryl methyl sites for hydroxylation is 1. The van der Waals surface area contributed by atoms with Gasteiger partial charge in [-0.25, -0.2) is 18.3 Å². The minimum atomic E-state index is -2.83. The van der Waals surface area contributed by atoms with E-state index >= 15 is 0 Å². The van der Waals surface area contributed by atoms with Gasteiger partial charge in [0, 0.05) is 23.4 Å². The van der Waals surface area contributed by atoms with E-state index in [9.17, 15) is 23.7 Å². The number of non-ortho nitro benzene ring substituents is 1. The van der Waals surface area contributed by atoms with Crippen LogP contribution < -0.4 is 5.32 Å². The molecule has 0 fully saturated rings. The summed E-state index contributed by atoms with van der Waals surface area (Å²) in [5.74, 6) is -0.620. The maximum absolute atomic E-state index is 13.7. The SMILES string of the molecule is Cc1cc([N+](=O)[O-])ccc1NC(=O)c1cnn2c(C(F)F)cc(-c3ccccc3)nc12. The summed E-state index contributed by atoms with van der Waals surface area (Å²) >= 11 is 0. The molecule has 8 nitrogen and oxygen atoms in total. The van der Waals surface area contributed by atoms with E-state index in [-0.39, 0.29) is 22.6 Å². The fourth-order valence-electron chi connectivity index (χ4n) is 3.15. The van der Waals surface area contributed by atoms with Crippen molar-refractivity contribution in [2.75, 3.05) is 5.32 Å². The third kappa shape index (κ3) is 3.82. The molecular formula is C21H15F2N5O3. The first-order valence-electron chi connectivity index (χ1n) is 9.14. The van der Waals surface area contributed by atoms with Gasteiger partial charge >= 0.3 is 0 Å². The number of anilines is 1. The Morgan fingerprint density at radius 1 is 1.16 bits per heavy atom. The molecule has 156 valence electrons. The number of benzene rings is 2. The molecule has 10 heteroatoms. The fraction of sp³-hybridized carbons (Fsp3) is 0.0952. The molecule has 0 unspecified atom stereocenters. The summed E-state index contributed by atoms with van der Waals surface area (Å²) in [4.78, 5) is 27.6. The van der Waals surface area contributed by atoms with Crippen molar-refractivity contribution >= 4 is 22.9 Å². The second kappa shape index (κ2) is 7.90. The van der Waals surface area contributed by atoms with Gasteiger partial charge in [0.25, 0.3) is 18.0 Å². The van der Waals surface area contributed by atoms with Crippen LogP contribution in [0.1, 0.15) is 28.0 Å². The second-order valence-electron chi connectivity index (χ2n) is 6.74. The number of alkyl halides is 2. The molecule has 0 spiro atoms. The number of nitro benzene ring substituents is 1. The largest absolute Gasteiger partial charge is 0.322 e. The molecule has 31 heavy (non-hydrogen) atoms. The summed E-state index contributed by atoms with van der Waals surface area (Å²) in [5, 5.41) is 17.5. The van der Waals surface area contributed by atoms with Crippen molar-refractivity contribution in [2.24, 2.45) is 0 Å². The van der Waals surface area contributed by atoms with Crippen LogP contribution in [0.25, 0.3) is 16.9 Å². The normalized spacial score (nSPS) is 11.1. The molecule has 0 saturated heterocycles. The molecule has 2 aromatic carbocycles. The molecule has 2 aromatic heterocycles. The lowest BCUT2D eigenvalue weighted by molar-refractivity contribution is -0.384. The van der Waals surface area contributed by atoms with Gasteiger partial charge in [-0.05, 0) is 24.6 Å². The third-order valence-corrected chi connectivity index (χ3v) is 4.71. The molecular weight excluding hydrogens is 408 g/mol. The molecule has 0 saturated carbocycles. The second-order valence-corrected chi connectivity index (χ2v) is 6.74. The Labute approximate surface area is 174 Å². The van der Waals surface area contributed by atoms with Gasteiger partial charge in [-0.2, -0.15) is 5.10 Å². The molecule has 0 atom stereocenters. The van der Waals surface area contributed by atoms with E-state index in [0.29, 0.717) is 16.8 Å². The van der Waals surface area contributed by atoms with E-state index in [4.69, 9.17) is 0 Å². The van der Waals surface area contributed by atoms with Crippen LogP contribution >= 0.6 is 0 Å². The Bertz CT molecular complexity index is 1310. The zero-order valence-electron chi connectivity index (χ0n) is 16.1. The van der Waals surface area contributed by atoms with Gasteiger partial charge < -0.3 is 5.32 Å². The lowest BCUT2D eigenvalue weighted by atomic mass is 10.1. The van der Waals surface area contributed by atoms with Crippen molar-refractivity contribution in [1.82, 2.24) is 14.6 Å². The molecule has 0 bridgehead atoms. The van der Waals surface area contributed by atoms with Gasteiger partial charge in [-0.1, -0.05) is 30.3 Å². The van der Waals surface area contributed by atoms with E-state index in [0.717, 1.165) is 4.52 Å². The first-order chi connectivity index (χ1) is 14.8. The molecule has 1 N–H and O–H groups in total.